The summed E-state index contributed by atoms with van der Waals surface area (Å²) in [6, 6.07) is 12.1. The van der Waals surface area contributed by atoms with Gasteiger partial charge < -0.3 is 10.1 Å². The third kappa shape index (κ3) is 4.76. The van der Waals surface area contributed by atoms with E-state index in [0.29, 0.717) is 18.0 Å². The molecule has 0 aliphatic rings. The van der Waals surface area contributed by atoms with Gasteiger partial charge >= 0.3 is 5.69 Å². The predicted octanol–water partition coefficient (Wildman–Crippen LogP) is 3.42. The van der Waals surface area contributed by atoms with E-state index in [-0.39, 0.29) is 17.2 Å². The largest absolute Gasteiger partial charge is 0.494 e. The molecule has 0 aliphatic heterocycles. The van der Waals surface area contributed by atoms with Gasteiger partial charge in [0.25, 0.3) is 5.91 Å². The van der Waals surface area contributed by atoms with Crippen molar-refractivity contribution in [3.05, 3.63) is 76.4 Å². The molecule has 1 heterocycles. The van der Waals surface area contributed by atoms with Crippen LogP contribution in [-0.2, 0) is 0 Å². The van der Waals surface area contributed by atoms with Crippen LogP contribution in [0.5, 0.6) is 5.75 Å². The van der Waals surface area contributed by atoms with E-state index in [4.69, 9.17) is 4.74 Å². The molecule has 0 unspecified atom stereocenters. The summed E-state index contributed by atoms with van der Waals surface area (Å²) in [6.45, 7) is 2.37. The lowest BCUT2D eigenvalue weighted by atomic mass is 10.2. The molecule has 2 aromatic carbocycles. The smallest absolute Gasteiger partial charge is 0.355 e. The number of benzene rings is 2. The molecule has 0 atom stereocenters. The van der Waals surface area contributed by atoms with Crippen LogP contribution in [0, 0.1) is 15.9 Å². The molecule has 0 saturated heterocycles. The number of aromatic nitrogens is 2. The van der Waals surface area contributed by atoms with Crippen LogP contribution in [0.4, 0.5) is 27.4 Å². The zero-order chi connectivity index (χ0) is 21.5. The average Bonchev–Trinajstić information content (AvgIpc) is 2.74. The first kappa shape index (κ1) is 20.5. The molecule has 3 aromatic rings. The van der Waals surface area contributed by atoms with Crippen molar-refractivity contribution in [3.8, 4) is 5.75 Å². The Kier molecular flexibility index (Phi) is 6.33. The van der Waals surface area contributed by atoms with Gasteiger partial charge in [0.05, 0.1) is 17.1 Å². The molecule has 3 N–H and O–H groups in total. The van der Waals surface area contributed by atoms with Crippen molar-refractivity contribution in [1.82, 2.24) is 15.4 Å². The van der Waals surface area contributed by atoms with Crippen LogP contribution in [0.3, 0.4) is 0 Å². The van der Waals surface area contributed by atoms with Crippen LogP contribution < -0.4 is 20.9 Å². The van der Waals surface area contributed by atoms with Crippen LogP contribution in [0.25, 0.3) is 0 Å². The molecule has 0 spiro atoms. The number of hydrogen-bond donors (Lipinski definition) is 3. The van der Waals surface area contributed by atoms with Crippen molar-refractivity contribution in [2.45, 2.75) is 6.92 Å². The van der Waals surface area contributed by atoms with Crippen molar-refractivity contribution < 1.29 is 18.8 Å². The second kappa shape index (κ2) is 9.28. The summed E-state index contributed by atoms with van der Waals surface area (Å²) in [7, 11) is 0. The highest BCUT2D eigenvalue weighted by molar-refractivity contribution is 5.95. The quantitative estimate of drug-likeness (QED) is 0.379. The molecular formula is C19H17FN6O4. The van der Waals surface area contributed by atoms with E-state index in [1.807, 2.05) is 6.92 Å². The topological polar surface area (TPSA) is 131 Å². The maximum Gasteiger partial charge on any atom is 0.355 e. The average molecular weight is 412 g/mol. The fourth-order valence-corrected chi connectivity index (χ4v) is 2.50. The number of nitrogens with zero attached hydrogens (tertiary/aromatic N) is 3. The Morgan fingerprint density at radius 3 is 2.50 bits per heavy atom. The number of amides is 1. The number of nitro groups is 1. The van der Waals surface area contributed by atoms with E-state index >= 15 is 0 Å². The maximum atomic E-state index is 13.7. The second-order valence-electron chi connectivity index (χ2n) is 5.82. The zero-order valence-electron chi connectivity index (χ0n) is 15.8. The van der Waals surface area contributed by atoms with E-state index < -0.39 is 22.3 Å². The number of anilines is 3. The van der Waals surface area contributed by atoms with Crippen LogP contribution >= 0.6 is 0 Å². The van der Waals surface area contributed by atoms with Gasteiger partial charge in [-0.1, -0.05) is 12.1 Å². The van der Waals surface area contributed by atoms with Crippen LogP contribution in [0.1, 0.15) is 17.3 Å². The highest BCUT2D eigenvalue weighted by Crippen LogP contribution is 2.31. The van der Waals surface area contributed by atoms with Gasteiger partial charge in [0, 0.05) is 5.69 Å². The minimum atomic E-state index is -0.818. The lowest BCUT2D eigenvalue weighted by molar-refractivity contribution is -0.383. The first-order valence-corrected chi connectivity index (χ1v) is 8.79. The summed E-state index contributed by atoms with van der Waals surface area (Å²) in [6.07, 6.45) is 1.08. The molecule has 0 bridgehead atoms. The van der Waals surface area contributed by atoms with Gasteiger partial charge in [0.2, 0.25) is 11.6 Å². The first-order chi connectivity index (χ1) is 14.5. The Morgan fingerprint density at radius 1 is 1.13 bits per heavy atom. The molecule has 0 fully saturated rings. The number of ether oxygens (including phenoxy) is 1. The van der Waals surface area contributed by atoms with Gasteiger partial charge in [-0.05, 0) is 43.3 Å². The van der Waals surface area contributed by atoms with Crippen molar-refractivity contribution in [1.29, 1.82) is 0 Å². The molecule has 1 aromatic heterocycles. The van der Waals surface area contributed by atoms with E-state index in [1.165, 1.54) is 18.2 Å². The van der Waals surface area contributed by atoms with Crippen molar-refractivity contribution >= 4 is 28.9 Å². The minimum absolute atomic E-state index is 0.0956. The lowest BCUT2D eigenvalue weighted by Crippen LogP contribution is -2.31. The molecule has 0 radical (unpaired) electrons. The number of hydrogen-bond acceptors (Lipinski definition) is 8. The van der Waals surface area contributed by atoms with Gasteiger partial charge in [-0.25, -0.2) is 14.4 Å². The highest BCUT2D eigenvalue weighted by Gasteiger charge is 2.24. The van der Waals surface area contributed by atoms with Crippen LogP contribution in [-0.4, -0.2) is 27.4 Å². The lowest BCUT2D eigenvalue weighted by Gasteiger charge is -2.11. The molecule has 154 valence electrons. The van der Waals surface area contributed by atoms with E-state index in [0.717, 1.165) is 12.4 Å². The Balaban J connectivity index is 1.80. The summed E-state index contributed by atoms with van der Waals surface area (Å²) < 4.78 is 19.1. The van der Waals surface area contributed by atoms with Gasteiger partial charge in [-0.3, -0.25) is 25.8 Å². The number of halogens is 1. The summed E-state index contributed by atoms with van der Waals surface area (Å²) >= 11 is 0. The van der Waals surface area contributed by atoms with E-state index in [9.17, 15) is 19.3 Å². The fraction of sp³-hybridized carbons (Fsp3) is 0.105. The van der Waals surface area contributed by atoms with Crippen molar-refractivity contribution in [2.24, 2.45) is 0 Å². The summed E-state index contributed by atoms with van der Waals surface area (Å²) in [4.78, 5) is 30.7. The van der Waals surface area contributed by atoms with Crippen LogP contribution in [0.2, 0.25) is 0 Å². The third-order valence-corrected chi connectivity index (χ3v) is 3.85. The SMILES string of the molecule is CCOc1ccc(Nc2ncnc(NNC(=O)c3ccccc3F)c2[N+](=O)[O-])cc1. The molecule has 30 heavy (non-hydrogen) atoms. The normalized spacial score (nSPS) is 10.2. The van der Waals surface area contributed by atoms with E-state index in [2.05, 4.69) is 26.1 Å². The number of rotatable bonds is 8. The van der Waals surface area contributed by atoms with Crippen LogP contribution in [0.15, 0.2) is 54.9 Å². The van der Waals surface area contributed by atoms with Crippen molar-refractivity contribution in [2.75, 3.05) is 17.3 Å². The summed E-state index contributed by atoms with van der Waals surface area (Å²) in [5.41, 5.74) is 4.35. The molecule has 1 amide bonds. The van der Waals surface area contributed by atoms with Gasteiger partial charge in [0.1, 0.15) is 17.9 Å². The number of hydrazine groups is 1. The Morgan fingerprint density at radius 2 is 1.83 bits per heavy atom. The highest BCUT2D eigenvalue weighted by atomic mass is 19.1. The number of carbonyl (C=O) groups is 1. The summed E-state index contributed by atoms with van der Waals surface area (Å²) in [5, 5.41) is 14.4. The minimum Gasteiger partial charge on any atom is -0.494 e. The molecule has 0 saturated carbocycles. The summed E-state index contributed by atoms with van der Waals surface area (Å²) in [5.74, 6) is -1.26. The Hall–Kier alpha value is -4.28. The van der Waals surface area contributed by atoms with Crippen molar-refractivity contribution in [3.63, 3.8) is 0 Å². The zero-order valence-corrected chi connectivity index (χ0v) is 15.8. The molecule has 11 heteroatoms. The number of carbonyl (C=O) groups excluding carboxylic acids is 1. The second-order valence-corrected chi connectivity index (χ2v) is 5.82. The first-order valence-electron chi connectivity index (χ1n) is 8.79. The van der Waals surface area contributed by atoms with Gasteiger partial charge in [-0.15, -0.1) is 0 Å². The standard InChI is InChI=1S/C19H17FN6O4/c1-2-30-13-9-7-12(8-10-13)23-17-16(26(28)29)18(22-11-21-17)24-25-19(27)14-5-3-4-6-15(14)20/h3-11H,2H2,1H3,(H,25,27)(H2,21,22,23,24). The third-order valence-electron chi connectivity index (χ3n) is 3.85. The van der Waals surface area contributed by atoms with Gasteiger partial charge in [0.15, 0.2) is 0 Å². The molecule has 0 aliphatic carbocycles. The Labute approximate surface area is 170 Å². The monoisotopic (exact) mass is 412 g/mol. The van der Waals surface area contributed by atoms with Gasteiger partial charge in [-0.2, -0.15) is 0 Å². The fourth-order valence-electron chi connectivity index (χ4n) is 2.50. The maximum absolute atomic E-state index is 13.7. The molecular weight excluding hydrogens is 395 g/mol. The molecule has 10 nitrogen and oxygen atoms in total. The number of nitrogens with one attached hydrogen (secondary N) is 3. The Bertz CT molecular complexity index is 1060. The molecule has 3 rings (SSSR count). The predicted molar refractivity (Wildman–Crippen MR) is 107 cm³/mol. The van der Waals surface area contributed by atoms with E-state index in [1.54, 1.807) is 24.3 Å².